The van der Waals surface area contributed by atoms with Gasteiger partial charge in [0, 0.05) is 22.4 Å². The average Bonchev–Trinajstić information content (AvgIpc) is 4.07. The van der Waals surface area contributed by atoms with Crippen molar-refractivity contribution in [2.45, 2.75) is 106 Å². The van der Waals surface area contributed by atoms with E-state index < -0.39 is 0 Å². The number of hydrogen-bond acceptors (Lipinski definition) is 1. The Balaban J connectivity index is 0.000000237. The van der Waals surface area contributed by atoms with Gasteiger partial charge in [-0.3, -0.25) is 0 Å². The van der Waals surface area contributed by atoms with Gasteiger partial charge in [0.25, 0.3) is 0 Å². The molecule has 0 radical (unpaired) electrons. The molecule has 0 aromatic heterocycles. The molecule has 4 aromatic carbocycles. The summed E-state index contributed by atoms with van der Waals surface area (Å²) in [4.78, 5) is 2.28. The normalized spacial score (nSPS) is 15.7. The zero-order valence-corrected chi connectivity index (χ0v) is 39.6. The summed E-state index contributed by atoms with van der Waals surface area (Å²) in [7, 11) is 0. The second-order valence-corrected chi connectivity index (χ2v) is 18.4. The van der Waals surface area contributed by atoms with Gasteiger partial charge in [-0.1, -0.05) is 187 Å². The quantitative estimate of drug-likeness (QED) is 0.136. The zero-order chi connectivity index (χ0) is 45.4. The Kier molecular flexibility index (Phi) is 15.4. The van der Waals surface area contributed by atoms with E-state index >= 15 is 0 Å². The second kappa shape index (κ2) is 20.3. The van der Waals surface area contributed by atoms with Gasteiger partial charge in [-0.15, -0.1) is 0 Å². The summed E-state index contributed by atoms with van der Waals surface area (Å²) >= 11 is 0. The van der Waals surface area contributed by atoms with Crippen molar-refractivity contribution in [1.82, 2.24) is 0 Å². The number of aryl methyl sites for hydroxylation is 2. The summed E-state index contributed by atoms with van der Waals surface area (Å²) in [6, 6.07) is 28.2. The first-order valence-corrected chi connectivity index (χ1v) is 22.4. The number of anilines is 2. The Morgan fingerprint density at radius 2 is 1.47 bits per heavy atom. The Bertz CT molecular complexity index is 2490. The van der Waals surface area contributed by atoms with Crippen LogP contribution in [0.25, 0.3) is 23.3 Å². The van der Waals surface area contributed by atoms with Crippen molar-refractivity contribution < 1.29 is 0 Å². The smallest absolute Gasteiger partial charge is 0.0543 e. The lowest BCUT2D eigenvalue weighted by Crippen LogP contribution is -2.21. The molecule has 1 nitrogen and oxygen atoms in total. The van der Waals surface area contributed by atoms with Crippen LogP contribution in [-0.4, -0.2) is 0 Å². The van der Waals surface area contributed by atoms with Crippen LogP contribution in [0.4, 0.5) is 11.4 Å². The average molecular weight is 818 g/mol. The number of nitrogens with zero attached hydrogens (tertiary/aromatic N) is 1. The molecule has 3 aliphatic carbocycles. The van der Waals surface area contributed by atoms with Crippen molar-refractivity contribution in [3.63, 3.8) is 0 Å². The minimum absolute atomic E-state index is 0.0190. The largest absolute Gasteiger partial charge is 0.310 e. The first-order valence-electron chi connectivity index (χ1n) is 22.4. The number of hydrogen-bond donors (Lipinski definition) is 0. The molecule has 0 atom stereocenters. The Morgan fingerprint density at radius 3 is 2.02 bits per heavy atom. The van der Waals surface area contributed by atoms with E-state index in [9.17, 15) is 0 Å². The molecule has 0 amide bonds. The van der Waals surface area contributed by atoms with Gasteiger partial charge in [0.2, 0.25) is 0 Å². The maximum Gasteiger partial charge on any atom is 0.0543 e. The fourth-order valence-corrected chi connectivity index (χ4v) is 8.95. The highest BCUT2D eigenvalue weighted by Crippen LogP contribution is 2.54. The van der Waals surface area contributed by atoms with Crippen molar-refractivity contribution in [1.29, 1.82) is 0 Å². The Morgan fingerprint density at radius 1 is 0.774 bits per heavy atom. The summed E-state index contributed by atoms with van der Waals surface area (Å²) in [5, 5.41) is 0. The molecule has 0 unspecified atom stereocenters. The van der Waals surface area contributed by atoms with E-state index in [4.69, 9.17) is 0 Å². The molecular weight excluding hydrogens is 747 g/mol. The van der Waals surface area contributed by atoms with Gasteiger partial charge in [-0.25, -0.2) is 0 Å². The zero-order valence-electron chi connectivity index (χ0n) is 39.6. The van der Waals surface area contributed by atoms with Crippen molar-refractivity contribution >= 4 is 23.5 Å². The Hall–Kier alpha value is -5.92. The summed E-state index contributed by atoms with van der Waals surface area (Å²) < 4.78 is 0. The number of fused-ring (bicyclic) bond motifs is 3. The molecule has 0 heterocycles. The van der Waals surface area contributed by atoms with Gasteiger partial charge in [0.15, 0.2) is 0 Å². The van der Waals surface area contributed by atoms with Crippen LogP contribution in [0, 0.1) is 19.8 Å². The maximum atomic E-state index is 4.26. The summed E-state index contributed by atoms with van der Waals surface area (Å²) in [6.45, 7) is 42.8. The van der Waals surface area contributed by atoms with Gasteiger partial charge in [0.05, 0.1) is 5.69 Å². The van der Waals surface area contributed by atoms with Crippen molar-refractivity contribution in [3.05, 3.63) is 227 Å². The predicted octanol–water partition coefficient (Wildman–Crippen LogP) is 17.8. The highest BCUT2D eigenvalue weighted by atomic mass is 15.1. The number of rotatable bonds is 11. The van der Waals surface area contributed by atoms with E-state index in [1.165, 1.54) is 81.3 Å². The molecule has 7 rings (SSSR count). The molecule has 1 fully saturated rings. The molecule has 0 N–H and O–H groups in total. The van der Waals surface area contributed by atoms with Crippen LogP contribution < -0.4 is 4.90 Å². The minimum atomic E-state index is -0.154. The molecule has 0 spiro atoms. The summed E-state index contributed by atoms with van der Waals surface area (Å²) in [5.41, 5.74) is 21.6. The van der Waals surface area contributed by atoms with Gasteiger partial charge >= 0.3 is 0 Å². The van der Waals surface area contributed by atoms with Crippen molar-refractivity contribution in [2.75, 3.05) is 4.90 Å². The van der Waals surface area contributed by atoms with Gasteiger partial charge in [0.1, 0.15) is 0 Å². The first kappa shape index (κ1) is 47.1. The lowest BCUT2D eigenvalue weighted by molar-refractivity contribution is 0.590. The summed E-state index contributed by atoms with van der Waals surface area (Å²) in [6.07, 6.45) is 23.6. The number of benzene rings is 4. The van der Waals surface area contributed by atoms with E-state index in [1.54, 1.807) is 11.1 Å². The van der Waals surface area contributed by atoms with Crippen LogP contribution in [-0.2, 0) is 10.8 Å². The van der Waals surface area contributed by atoms with E-state index in [-0.39, 0.29) is 10.8 Å². The van der Waals surface area contributed by atoms with Crippen LogP contribution in [0.15, 0.2) is 188 Å². The lowest BCUT2D eigenvalue weighted by atomic mass is 9.80. The van der Waals surface area contributed by atoms with Gasteiger partial charge < -0.3 is 4.90 Å². The fourth-order valence-electron chi connectivity index (χ4n) is 8.95. The SMILES string of the molecule is C=C/C(C)=C(\C=C/C)C1=C(C2CC2)C(C)=CCC1.C=C/C=C(\C=C)N(c1cccc(C(C)(C)C)c1)c1cc2c(c(C=C)c1C=C)-c1ccc(C)cc1C2(C)C.Cc1ccccc1. The monoisotopic (exact) mass is 818 g/mol. The van der Waals surface area contributed by atoms with Crippen LogP contribution in [0.3, 0.4) is 0 Å². The van der Waals surface area contributed by atoms with Crippen LogP contribution in [0.2, 0.25) is 0 Å². The van der Waals surface area contributed by atoms with Gasteiger partial charge in [-0.2, -0.15) is 0 Å². The molecule has 1 saturated carbocycles. The van der Waals surface area contributed by atoms with Crippen LogP contribution in [0.5, 0.6) is 0 Å². The fraction of sp³-hybridized carbons (Fsp3) is 0.279. The molecule has 62 heavy (non-hydrogen) atoms. The molecule has 3 aliphatic rings. The van der Waals surface area contributed by atoms with E-state index in [2.05, 4.69) is 186 Å². The van der Waals surface area contributed by atoms with E-state index in [1.807, 2.05) is 54.7 Å². The molecule has 0 bridgehead atoms. The Labute approximate surface area is 376 Å². The third-order valence-electron chi connectivity index (χ3n) is 12.5. The highest BCUT2D eigenvalue weighted by Gasteiger charge is 2.39. The highest BCUT2D eigenvalue weighted by molar-refractivity contribution is 5.95. The molecule has 0 saturated heterocycles. The van der Waals surface area contributed by atoms with Crippen LogP contribution in [0.1, 0.15) is 120 Å². The molecule has 4 aromatic rings. The van der Waals surface area contributed by atoms with Gasteiger partial charge in [-0.05, 0) is 158 Å². The third kappa shape index (κ3) is 10.2. The van der Waals surface area contributed by atoms with Crippen molar-refractivity contribution in [3.8, 4) is 11.1 Å². The molecule has 320 valence electrons. The van der Waals surface area contributed by atoms with Crippen molar-refractivity contribution in [2.24, 2.45) is 5.92 Å². The summed E-state index contributed by atoms with van der Waals surface area (Å²) in [5.74, 6) is 0.828. The molecule has 0 aliphatic heterocycles. The third-order valence-corrected chi connectivity index (χ3v) is 12.5. The molecule has 1 heteroatoms. The first-order chi connectivity index (χ1) is 29.6. The van der Waals surface area contributed by atoms with Crippen LogP contribution >= 0.6 is 0 Å². The lowest BCUT2D eigenvalue weighted by Gasteiger charge is -2.32. The maximum absolute atomic E-state index is 4.26. The molecular formula is C61H71N. The van der Waals surface area contributed by atoms with E-state index in [0.29, 0.717) is 0 Å². The predicted molar refractivity (Wildman–Crippen MR) is 276 cm³/mol. The van der Waals surface area contributed by atoms with E-state index in [0.717, 1.165) is 34.1 Å². The topological polar surface area (TPSA) is 3.24 Å². The standard InChI is InChI=1S/C36H39N.C18H24.C7H8/c1-11-16-26(12-2)37(27-18-15-17-25(22-27)35(6,7)8)33-23-32-34(29(14-4)28(33)13-3)30-20-19-24(5)21-31(30)36(32,9)10;1-5-8-16(13(3)6-2)17-10-7-9-14(4)18(17)15-11-12-15;1-7-5-3-2-4-6-7/h11-23H,1-4H2,5-10H3;5-6,8-9,15H,2,7,10-12H2,1,3-4H3;2-6H,1H3/b26-16+;8-5-,16-13+;. The minimum Gasteiger partial charge on any atom is -0.310 e. The second-order valence-electron chi connectivity index (χ2n) is 18.4. The number of allylic oxidation sites excluding steroid dienone is 12.